The van der Waals surface area contributed by atoms with Crippen LogP contribution >= 0.6 is 0 Å². The van der Waals surface area contributed by atoms with Gasteiger partial charge in [-0.2, -0.15) is 0 Å². The topological polar surface area (TPSA) is 126 Å². The maximum absolute atomic E-state index is 13.6. The molecule has 38 heavy (non-hydrogen) atoms. The van der Waals surface area contributed by atoms with Gasteiger partial charge in [0.15, 0.2) is 6.29 Å². The number of hydrogen-bond acceptors (Lipinski definition) is 9. The molecule has 1 N–H and O–H groups in total. The standard InChI is InChI=1S/C28H32N2O8/c1-5-35-27(32)24-23(20-15-11-12-16-21(20)30(33)34)22(26(31)38-17-19-13-9-8-10-14-19)18(4)29-25(24)28(36-6-2)37-7-3/h8-16,23,28-29H,5-7,17H2,1-4H3. The van der Waals surface area contributed by atoms with E-state index in [4.69, 9.17) is 18.9 Å². The molecule has 0 radical (unpaired) electrons. The molecule has 1 atom stereocenters. The number of nitrogens with one attached hydrogen (secondary N) is 1. The number of nitro groups is 1. The average Bonchev–Trinajstić information content (AvgIpc) is 2.91. The predicted octanol–water partition coefficient (Wildman–Crippen LogP) is 4.52. The van der Waals surface area contributed by atoms with E-state index in [-0.39, 0.29) is 54.5 Å². The Morgan fingerprint density at radius 3 is 2.11 bits per heavy atom. The summed E-state index contributed by atoms with van der Waals surface area (Å²) in [4.78, 5) is 38.5. The largest absolute Gasteiger partial charge is 0.463 e. The molecule has 2 aromatic carbocycles. The molecule has 0 bridgehead atoms. The zero-order valence-corrected chi connectivity index (χ0v) is 21.9. The minimum Gasteiger partial charge on any atom is -0.463 e. The van der Waals surface area contributed by atoms with Gasteiger partial charge >= 0.3 is 11.9 Å². The number of benzene rings is 2. The van der Waals surface area contributed by atoms with E-state index in [1.54, 1.807) is 33.8 Å². The molecule has 202 valence electrons. The van der Waals surface area contributed by atoms with Gasteiger partial charge in [0.2, 0.25) is 0 Å². The third kappa shape index (κ3) is 6.45. The fraction of sp³-hybridized carbons (Fsp3) is 0.357. The van der Waals surface area contributed by atoms with E-state index in [0.29, 0.717) is 5.70 Å². The molecule has 1 aliphatic rings. The Morgan fingerprint density at radius 2 is 1.50 bits per heavy atom. The van der Waals surface area contributed by atoms with Crippen LogP contribution in [0.15, 0.2) is 77.1 Å². The van der Waals surface area contributed by atoms with Gasteiger partial charge in [0.25, 0.3) is 5.69 Å². The van der Waals surface area contributed by atoms with Crippen LogP contribution in [-0.4, -0.2) is 43.0 Å². The highest BCUT2D eigenvalue weighted by Gasteiger charge is 2.43. The molecule has 0 aromatic heterocycles. The van der Waals surface area contributed by atoms with Gasteiger partial charge in [-0.05, 0) is 33.3 Å². The van der Waals surface area contributed by atoms with E-state index in [0.717, 1.165) is 5.56 Å². The van der Waals surface area contributed by atoms with E-state index in [9.17, 15) is 19.7 Å². The first-order valence-electron chi connectivity index (χ1n) is 12.4. The lowest BCUT2D eigenvalue weighted by Gasteiger charge is -2.34. The van der Waals surface area contributed by atoms with Crippen LogP contribution in [0.1, 0.15) is 44.7 Å². The summed E-state index contributed by atoms with van der Waals surface area (Å²) >= 11 is 0. The lowest BCUT2D eigenvalue weighted by molar-refractivity contribution is -0.385. The molecule has 10 heteroatoms. The van der Waals surface area contributed by atoms with Crippen molar-refractivity contribution in [3.63, 3.8) is 0 Å². The number of dihydropyridines is 1. The van der Waals surface area contributed by atoms with E-state index < -0.39 is 29.1 Å². The zero-order chi connectivity index (χ0) is 27.7. The molecule has 2 aromatic rings. The molecule has 0 fully saturated rings. The highest BCUT2D eigenvalue weighted by molar-refractivity contribution is 6.00. The lowest BCUT2D eigenvalue weighted by atomic mass is 9.79. The average molecular weight is 525 g/mol. The third-order valence-corrected chi connectivity index (χ3v) is 5.84. The van der Waals surface area contributed by atoms with Crippen LogP contribution in [0.3, 0.4) is 0 Å². The van der Waals surface area contributed by atoms with Crippen LogP contribution in [0.4, 0.5) is 5.69 Å². The molecule has 0 amide bonds. The molecular weight excluding hydrogens is 492 g/mol. The predicted molar refractivity (Wildman–Crippen MR) is 139 cm³/mol. The second kappa shape index (κ2) is 13.5. The van der Waals surface area contributed by atoms with Crippen molar-refractivity contribution >= 4 is 17.6 Å². The van der Waals surface area contributed by atoms with Crippen LogP contribution in [0.25, 0.3) is 0 Å². The van der Waals surface area contributed by atoms with Gasteiger partial charge in [-0.15, -0.1) is 0 Å². The molecular formula is C28H32N2O8. The maximum Gasteiger partial charge on any atom is 0.337 e. The Kier molecular flexibility index (Phi) is 10.1. The number of carbonyl (C=O) groups excluding carboxylic acids is 2. The normalized spacial score (nSPS) is 15.3. The van der Waals surface area contributed by atoms with Crippen molar-refractivity contribution in [3.8, 4) is 0 Å². The summed E-state index contributed by atoms with van der Waals surface area (Å²) in [7, 11) is 0. The fourth-order valence-electron chi connectivity index (χ4n) is 4.27. The first-order chi connectivity index (χ1) is 18.3. The van der Waals surface area contributed by atoms with Gasteiger partial charge in [0, 0.05) is 30.5 Å². The Balaban J connectivity index is 2.22. The number of carbonyl (C=O) groups is 2. The Morgan fingerprint density at radius 1 is 0.895 bits per heavy atom. The molecule has 0 saturated carbocycles. The summed E-state index contributed by atoms with van der Waals surface area (Å²) in [6, 6.07) is 15.1. The summed E-state index contributed by atoms with van der Waals surface area (Å²) in [5, 5.41) is 15.1. The SMILES string of the molecule is CCOC(=O)C1=C(C(OCC)OCC)NC(C)=C(C(=O)OCc2ccccc2)C1c1ccccc1[N+](=O)[O-]. The number of esters is 2. The molecule has 1 aliphatic heterocycles. The van der Waals surface area contributed by atoms with Crippen LogP contribution in [0.2, 0.25) is 0 Å². The minimum atomic E-state index is -1.18. The molecule has 1 heterocycles. The van der Waals surface area contributed by atoms with Crippen LogP contribution in [-0.2, 0) is 35.1 Å². The van der Waals surface area contributed by atoms with Gasteiger partial charge < -0.3 is 24.3 Å². The number of ether oxygens (including phenoxy) is 4. The number of para-hydroxylation sites is 1. The summed E-state index contributed by atoms with van der Waals surface area (Å²) in [5.74, 6) is -2.67. The molecule has 1 unspecified atom stereocenters. The molecule has 10 nitrogen and oxygen atoms in total. The number of hydrogen-bond donors (Lipinski definition) is 1. The van der Waals surface area contributed by atoms with Gasteiger partial charge in [0.1, 0.15) is 6.61 Å². The van der Waals surface area contributed by atoms with Gasteiger partial charge in [0.05, 0.1) is 34.3 Å². The highest BCUT2D eigenvalue weighted by atomic mass is 16.7. The van der Waals surface area contributed by atoms with Crippen molar-refractivity contribution in [3.05, 3.63) is 98.4 Å². The van der Waals surface area contributed by atoms with Crippen LogP contribution in [0, 0.1) is 10.1 Å². The monoisotopic (exact) mass is 524 g/mol. The summed E-state index contributed by atoms with van der Waals surface area (Å²) in [6.45, 7) is 7.37. The molecule has 0 aliphatic carbocycles. The number of nitrogens with zero attached hydrogens (tertiary/aromatic N) is 1. The van der Waals surface area contributed by atoms with E-state index >= 15 is 0 Å². The Bertz CT molecular complexity index is 1220. The van der Waals surface area contributed by atoms with E-state index in [2.05, 4.69) is 5.32 Å². The summed E-state index contributed by atoms with van der Waals surface area (Å²) in [5.41, 5.74) is 1.23. The quantitative estimate of drug-likeness (QED) is 0.185. The second-order valence-electron chi connectivity index (χ2n) is 8.26. The molecule has 3 rings (SSSR count). The third-order valence-electron chi connectivity index (χ3n) is 5.84. The van der Waals surface area contributed by atoms with E-state index in [1.807, 2.05) is 30.3 Å². The van der Waals surface area contributed by atoms with Crippen molar-refractivity contribution in [2.24, 2.45) is 0 Å². The van der Waals surface area contributed by atoms with Crippen molar-refractivity contribution in [2.45, 2.75) is 46.5 Å². The Hall–Kier alpha value is -4.02. The summed E-state index contributed by atoms with van der Waals surface area (Å²) < 4.78 is 22.5. The first-order valence-corrected chi connectivity index (χ1v) is 12.4. The van der Waals surface area contributed by atoms with E-state index in [1.165, 1.54) is 18.2 Å². The molecule has 0 spiro atoms. The van der Waals surface area contributed by atoms with Crippen LogP contribution in [0.5, 0.6) is 0 Å². The number of rotatable bonds is 12. The fourth-order valence-corrected chi connectivity index (χ4v) is 4.27. The van der Waals surface area contributed by atoms with Crippen LogP contribution < -0.4 is 5.32 Å². The minimum absolute atomic E-state index is 0.0219. The van der Waals surface area contributed by atoms with Gasteiger partial charge in [-0.25, -0.2) is 9.59 Å². The van der Waals surface area contributed by atoms with Gasteiger partial charge in [-0.3, -0.25) is 10.1 Å². The van der Waals surface area contributed by atoms with Crippen molar-refractivity contribution in [1.29, 1.82) is 0 Å². The number of allylic oxidation sites excluding steroid dienone is 1. The Labute approximate surface area is 221 Å². The first kappa shape index (κ1) is 28.5. The highest BCUT2D eigenvalue weighted by Crippen LogP contribution is 2.43. The second-order valence-corrected chi connectivity index (χ2v) is 8.26. The van der Waals surface area contributed by atoms with Crippen molar-refractivity contribution in [1.82, 2.24) is 5.32 Å². The zero-order valence-electron chi connectivity index (χ0n) is 21.9. The number of nitro benzene ring substituents is 1. The molecule has 0 saturated heterocycles. The van der Waals surface area contributed by atoms with Gasteiger partial charge in [-0.1, -0.05) is 48.5 Å². The summed E-state index contributed by atoms with van der Waals surface area (Å²) in [6.07, 6.45) is -1.01. The lowest BCUT2D eigenvalue weighted by Crippen LogP contribution is -2.39. The maximum atomic E-state index is 13.6. The smallest absolute Gasteiger partial charge is 0.337 e. The van der Waals surface area contributed by atoms with Crippen molar-refractivity contribution in [2.75, 3.05) is 19.8 Å². The van der Waals surface area contributed by atoms with Crippen molar-refractivity contribution < 1.29 is 33.5 Å².